The lowest BCUT2D eigenvalue weighted by molar-refractivity contribution is -0.143. The second-order valence-electron chi connectivity index (χ2n) is 26.4. The third-order valence-corrected chi connectivity index (χ3v) is 18.1. The Balaban J connectivity index is 3.29. The summed E-state index contributed by atoms with van der Waals surface area (Å²) in [5.41, 5.74) is 0. The fourth-order valence-electron chi connectivity index (χ4n) is 12.3. The van der Waals surface area contributed by atoms with Gasteiger partial charge in [-0.15, -0.1) is 0 Å². The number of nitrogens with one attached hydrogen (secondary N) is 1. The topological polar surface area (TPSA) is 95.9 Å². The Hall–Kier alpha value is -1.40. The van der Waals surface area contributed by atoms with Gasteiger partial charge in [-0.2, -0.15) is 0 Å². The van der Waals surface area contributed by atoms with Gasteiger partial charge in [0.05, 0.1) is 25.4 Å². The van der Waals surface area contributed by atoms with Gasteiger partial charge in [0.15, 0.2) is 0 Å². The molecular formula is C76H149NO5. The number of allylic oxidation sites excluding steroid dienone is 1. The molecule has 0 aliphatic heterocycles. The predicted octanol–water partition coefficient (Wildman–Crippen LogP) is 24.7. The Labute approximate surface area is 514 Å². The number of hydrogen-bond acceptors (Lipinski definition) is 5. The van der Waals surface area contributed by atoms with Crippen molar-refractivity contribution in [3.05, 3.63) is 12.2 Å². The molecule has 0 aliphatic rings. The average Bonchev–Trinajstić information content (AvgIpc) is 3.48. The lowest BCUT2D eigenvalue weighted by Gasteiger charge is -2.20. The summed E-state index contributed by atoms with van der Waals surface area (Å²) in [5, 5.41) is 23.2. The van der Waals surface area contributed by atoms with E-state index in [9.17, 15) is 19.8 Å². The van der Waals surface area contributed by atoms with E-state index in [1.807, 2.05) is 6.08 Å². The number of unbranched alkanes of at least 4 members (excludes halogenated alkanes) is 61. The Bertz CT molecular complexity index is 1240. The Kier molecular flexibility index (Phi) is 70.8. The Morgan fingerprint density at radius 3 is 0.829 bits per heavy atom. The molecule has 0 aliphatic carbocycles. The van der Waals surface area contributed by atoms with E-state index in [0.717, 1.165) is 38.5 Å². The molecule has 0 aromatic rings. The van der Waals surface area contributed by atoms with Crippen LogP contribution < -0.4 is 5.32 Å². The lowest BCUT2D eigenvalue weighted by Crippen LogP contribution is -2.45. The highest BCUT2D eigenvalue weighted by atomic mass is 16.5. The van der Waals surface area contributed by atoms with Gasteiger partial charge in [-0.25, -0.2) is 0 Å². The Morgan fingerprint density at radius 2 is 0.561 bits per heavy atom. The van der Waals surface area contributed by atoms with E-state index in [2.05, 4.69) is 19.2 Å². The van der Waals surface area contributed by atoms with Crippen LogP contribution in [0.4, 0.5) is 0 Å². The standard InChI is InChI=1S/C76H149NO5/c1-3-5-7-9-11-13-15-16-42-45-49-52-56-60-64-68-74(79)73(72-78)77-75(80)69-65-61-57-53-50-46-43-40-38-36-34-32-30-28-26-24-22-20-18-17-19-21-23-25-27-29-31-33-35-37-39-41-44-47-51-55-59-63-67-71-82-76(81)70-66-62-58-54-48-14-12-10-8-6-4-2/h64,68,73-74,78-79H,3-63,65-67,69-72H2,1-2H3,(H,77,80)/b68-64+. The van der Waals surface area contributed by atoms with Crippen LogP contribution in [-0.2, 0) is 14.3 Å². The Morgan fingerprint density at radius 1 is 0.329 bits per heavy atom. The molecule has 0 fully saturated rings. The van der Waals surface area contributed by atoms with E-state index >= 15 is 0 Å². The van der Waals surface area contributed by atoms with Crippen molar-refractivity contribution in [2.24, 2.45) is 0 Å². The van der Waals surface area contributed by atoms with E-state index < -0.39 is 12.1 Å². The molecule has 6 nitrogen and oxygen atoms in total. The molecule has 488 valence electrons. The van der Waals surface area contributed by atoms with Crippen LogP contribution in [0.3, 0.4) is 0 Å². The number of hydrogen-bond donors (Lipinski definition) is 3. The summed E-state index contributed by atoms with van der Waals surface area (Å²) in [6.07, 6.45) is 90.5. The van der Waals surface area contributed by atoms with Crippen LogP contribution in [-0.4, -0.2) is 47.4 Å². The molecule has 0 aromatic carbocycles. The number of esters is 1. The van der Waals surface area contributed by atoms with Crippen molar-refractivity contribution < 1.29 is 24.5 Å². The van der Waals surface area contributed by atoms with Gasteiger partial charge in [0.1, 0.15) is 0 Å². The summed E-state index contributed by atoms with van der Waals surface area (Å²) in [4.78, 5) is 24.5. The summed E-state index contributed by atoms with van der Waals surface area (Å²) < 4.78 is 5.48. The highest BCUT2D eigenvalue weighted by Crippen LogP contribution is 2.20. The van der Waals surface area contributed by atoms with Gasteiger partial charge in [-0.3, -0.25) is 9.59 Å². The van der Waals surface area contributed by atoms with Crippen LogP contribution in [0.15, 0.2) is 12.2 Å². The molecule has 0 rings (SSSR count). The van der Waals surface area contributed by atoms with E-state index in [1.54, 1.807) is 6.08 Å². The summed E-state index contributed by atoms with van der Waals surface area (Å²) in [6, 6.07) is -0.622. The molecule has 0 bridgehead atoms. The van der Waals surface area contributed by atoms with Crippen LogP contribution in [0, 0.1) is 0 Å². The molecule has 6 heteroatoms. The van der Waals surface area contributed by atoms with Crippen molar-refractivity contribution in [3.63, 3.8) is 0 Å². The van der Waals surface area contributed by atoms with Gasteiger partial charge in [0.25, 0.3) is 0 Å². The first-order chi connectivity index (χ1) is 40.5. The molecule has 0 saturated carbocycles. The molecule has 0 aromatic heterocycles. The van der Waals surface area contributed by atoms with Crippen LogP contribution in [0.25, 0.3) is 0 Å². The molecule has 2 unspecified atom stereocenters. The number of ether oxygens (including phenoxy) is 1. The fraction of sp³-hybridized carbons (Fsp3) is 0.947. The van der Waals surface area contributed by atoms with Gasteiger partial charge in [-0.05, 0) is 32.1 Å². The molecule has 3 N–H and O–H groups in total. The van der Waals surface area contributed by atoms with E-state index in [4.69, 9.17) is 4.74 Å². The maximum Gasteiger partial charge on any atom is 0.305 e. The van der Waals surface area contributed by atoms with Crippen LogP contribution in [0.5, 0.6) is 0 Å². The van der Waals surface area contributed by atoms with E-state index in [0.29, 0.717) is 19.4 Å². The minimum Gasteiger partial charge on any atom is -0.466 e. The SMILES string of the molecule is CCCCCCCCCCCCCCC/C=C/C(O)C(CO)NC(=O)CCCCCCCCCCCCCCCCCCCCCCCCCCCCCCCCCCCCCCCCCOC(=O)CCCCCCCCCCCCC. The molecule has 0 heterocycles. The summed E-state index contributed by atoms with van der Waals surface area (Å²) in [5.74, 6) is -0.0342. The lowest BCUT2D eigenvalue weighted by atomic mass is 10.0. The van der Waals surface area contributed by atoms with E-state index in [-0.39, 0.29) is 18.5 Å². The number of aliphatic hydroxyl groups is 2. The van der Waals surface area contributed by atoms with Gasteiger partial charge in [0.2, 0.25) is 5.91 Å². The summed E-state index contributed by atoms with van der Waals surface area (Å²) in [7, 11) is 0. The first-order valence-corrected chi connectivity index (χ1v) is 38.0. The number of carbonyl (C=O) groups excluding carboxylic acids is 2. The van der Waals surface area contributed by atoms with E-state index in [1.165, 1.54) is 372 Å². The first kappa shape index (κ1) is 80.6. The van der Waals surface area contributed by atoms with Crippen molar-refractivity contribution in [1.29, 1.82) is 0 Å². The van der Waals surface area contributed by atoms with Crippen LogP contribution in [0.1, 0.15) is 438 Å². The number of aliphatic hydroxyl groups excluding tert-OH is 2. The van der Waals surface area contributed by atoms with Gasteiger partial charge < -0.3 is 20.3 Å². The second-order valence-corrected chi connectivity index (χ2v) is 26.4. The molecule has 0 saturated heterocycles. The zero-order valence-corrected chi connectivity index (χ0v) is 56.0. The zero-order valence-electron chi connectivity index (χ0n) is 56.0. The molecule has 1 amide bonds. The third-order valence-electron chi connectivity index (χ3n) is 18.1. The molecule has 0 radical (unpaired) electrons. The van der Waals surface area contributed by atoms with Gasteiger partial charge in [0, 0.05) is 12.8 Å². The van der Waals surface area contributed by atoms with Crippen LogP contribution in [0.2, 0.25) is 0 Å². The first-order valence-electron chi connectivity index (χ1n) is 38.0. The summed E-state index contributed by atoms with van der Waals surface area (Å²) in [6.45, 7) is 4.94. The largest absolute Gasteiger partial charge is 0.466 e. The maximum atomic E-state index is 12.5. The van der Waals surface area contributed by atoms with Gasteiger partial charge in [-0.1, -0.05) is 405 Å². The number of carbonyl (C=O) groups is 2. The summed E-state index contributed by atoms with van der Waals surface area (Å²) >= 11 is 0. The molecular weight excluding hydrogens is 1010 g/mol. The monoisotopic (exact) mass is 1160 g/mol. The number of rotatable bonds is 72. The van der Waals surface area contributed by atoms with Gasteiger partial charge >= 0.3 is 5.97 Å². The highest BCUT2D eigenvalue weighted by molar-refractivity contribution is 5.76. The molecule has 82 heavy (non-hydrogen) atoms. The zero-order chi connectivity index (χ0) is 59.2. The predicted molar refractivity (Wildman–Crippen MR) is 361 cm³/mol. The highest BCUT2D eigenvalue weighted by Gasteiger charge is 2.18. The minimum absolute atomic E-state index is 0.0244. The third kappa shape index (κ3) is 67.7. The maximum absolute atomic E-state index is 12.5. The molecule has 0 spiro atoms. The average molecular weight is 1160 g/mol. The molecule has 2 atom stereocenters. The van der Waals surface area contributed by atoms with Crippen molar-refractivity contribution in [2.45, 2.75) is 450 Å². The minimum atomic E-state index is -0.839. The van der Waals surface area contributed by atoms with Crippen molar-refractivity contribution >= 4 is 11.9 Å². The number of amides is 1. The second kappa shape index (κ2) is 72.1. The van der Waals surface area contributed by atoms with Crippen molar-refractivity contribution in [3.8, 4) is 0 Å². The normalized spacial score (nSPS) is 12.5. The van der Waals surface area contributed by atoms with Crippen molar-refractivity contribution in [1.82, 2.24) is 5.32 Å². The smallest absolute Gasteiger partial charge is 0.305 e. The van der Waals surface area contributed by atoms with Crippen LogP contribution >= 0.6 is 0 Å². The fourth-order valence-corrected chi connectivity index (χ4v) is 12.3. The van der Waals surface area contributed by atoms with Crippen molar-refractivity contribution in [2.75, 3.05) is 13.2 Å². The quantitative estimate of drug-likeness (QED) is 0.0320.